The molecule has 0 aliphatic heterocycles. The molecule has 1 atom stereocenters. The molecule has 25 heavy (non-hydrogen) atoms. The molecule has 0 aromatic heterocycles. The highest BCUT2D eigenvalue weighted by molar-refractivity contribution is 5.81. The second kappa shape index (κ2) is 9.23. The third-order valence-corrected chi connectivity index (χ3v) is 4.54. The number of likely N-dealkylation sites (N-methyl/N-ethyl adjacent to an activating group) is 2. The summed E-state index contributed by atoms with van der Waals surface area (Å²) in [4.78, 5) is 16.9. The molecule has 4 nitrogen and oxygen atoms in total. The summed E-state index contributed by atoms with van der Waals surface area (Å²) in [5.74, 6) is 0.995. The van der Waals surface area contributed by atoms with Crippen molar-refractivity contribution in [2.75, 3.05) is 20.7 Å². The zero-order valence-electron chi connectivity index (χ0n) is 15.6. The lowest BCUT2D eigenvalue weighted by molar-refractivity contribution is -0.136. The standard InChI is InChI=1S/C21H28N2O2/c1-5-23(15-18-11-7-6-8-12-18)21(24)17(2)22(3)16-19-13-9-10-14-20(19)25-4/h6-14,17H,5,15-16H2,1-4H3. The topological polar surface area (TPSA) is 32.8 Å². The van der Waals surface area contributed by atoms with E-state index >= 15 is 0 Å². The van der Waals surface area contributed by atoms with Crippen molar-refractivity contribution in [2.24, 2.45) is 0 Å². The van der Waals surface area contributed by atoms with Gasteiger partial charge < -0.3 is 9.64 Å². The molecule has 134 valence electrons. The van der Waals surface area contributed by atoms with Crippen LogP contribution in [0.25, 0.3) is 0 Å². The van der Waals surface area contributed by atoms with Crippen molar-refractivity contribution in [3.63, 3.8) is 0 Å². The Morgan fingerprint density at radius 3 is 2.32 bits per heavy atom. The van der Waals surface area contributed by atoms with E-state index in [1.807, 2.05) is 68.3 Å². The van der Waals surface area contributed by atoms with E-state index in [1.165, 1.54) is 0 Å². The molecule has 0 N–H and O–H groups in total. The minimum absolute atomic E-state index is 0.142. The first kappa shape index (κ1) is 19.0. The second-order valence-electron chi connectivity index (χ2n) is 6.24. The number of carbonyl (C=O) groups is 1. The summed E-state index contributed by atoms with van der Waals surface area (Å²) in [6, 6.07) is 17.8. The minimum atomic E-state index is -0.200. The van der Waals surface area contributed by atoms with Gasteiger partial charge in [0.15, 0.2) is 0 Å². The Bertz CT molecular complexity index is 673. The van der Waals surface area contributed by atoms with E-state index in [-0.39, 0.29) is 11.9 Å². The normalized spacial score (nSPS) is 12.0. The van der Waals surface area contributed by atoms with E-state index in [4.69, 9.17) is 4.74 Å². The third-order valence-electron chi connectivity index (χ3n) is 4.54. The molecule has 1 amide bonds. The van der Waals surface area contributed by atoms with Crippen molar-refractivity contribution in [1.82, 2.24) is 9.80 Å². The monoisotopic (exact) mass is 340 g/mol. The summed E-state index contributed by atoms with van der Waals surface area (Å²) >= 11 is 0. The van der Waals surface area contributed by atoms with Crippen molar-refractivity contribution in [1.29, 1.82) is 0 Å². The van der Waals surface area contributed by atoms with Crippen LogP contribution in [0.5, 0.6) is 5.75 Å². The van der Waals surface area contributed by atoms with Crippen LogP contribution in [0.3, 0.4) is 0 Å². The van der Waals surface area contributed by atoms with E-state index < -0.39 is 0 Å². The largest absolute Gasteiger partial charge is 0.496 e. The average Bonchev–Trinajstić information content (AvgIpc) is 2.66. The number of ether oxygens (including phenoxy) is 1. The number of hydrogen-bond acceptors (Lipinski definition) is 3. The van der Waals surface area contributed by atoms with Crippen LogP contribution in [-0.2, 0) is 17.9 Å². The Labute approximate surface area is 151 Å². The number of methoxy groups -OCH3 is 1. The number of hydrogen-bond donors (Lipinski definition) is 0. The van der Waals surface area contributed by atoms with Gasteiger partial charge >= 0.3 is 0 Å². The van der Waals surface area contributed by atoms with E-state index in [2.05, 4.69) is 17.0 Å². The highest BCUT2D eigenvalue weighted by Gasteiger charge is 2.23. The van der Waals surface area contributed by atoms with Crippen LogP contribution in [0.1, 0.15) is 25.0 Å². The SMILES string of the molecule is CCN(Cc1ccccc1)C(=O)C(C)N(C)Cc1ccccc1OC. The maximum atomic E-state index is 12.9. The molecular formula is C21H28N2O2. The summed E-state index contributed by atoms with van der Waals surface area (Å²) in [6.45, 7) is 5.99. The maximum absolute atomic E-state index is 12.9. The summed E-state index contributed by atoms with van der Waals surface area (Å²) in [7, 11) is 3.65. The van der Waals surface area contributed by atoms with Crippen molar-refractivity contribution < 1.29 is 9.53 Å². The first-order chi connectivity index (χ1) is 12.1. The smallest absolute Gasteiger partial charge is 0.239 e. The molecule has 0 aliphatic rings. The van der Waals surface area contributed by atoms with Gasteiger partial charge in [0, 0.05) is 25.2 Å². The molecular weight excluding hydrogens is 312 g/mol. The Kier molecular flexibility index (Phi) is 7.02. The highest BCUT2D eigenvalue weighted by atomic mass is 16.5. The fraction of sp³-hybridized carbons (Fsp3) is 0.381. The van der Waals surface area contributed by atoms with Gasteiger partial charge in [0.05, 0.1) is 13.2 Å². The maximum Gasteiger partial charge on any atom is 0.239 e. The lowest BCUT2D eigenvalue weighted by atomic mass is 10.1. The predicted molar refractivity (Wildman–Crippen MR) is 101 cm³/mol. The Morgan fingerprint density at radius 2 is 1.68 bits per heavy atom. The van der Waals surface area contributed by atoms with Gasteiger partial charge in [-0.15, -0.1) is 0 Å². The first-order valence-electron chi connectivity index (χ1n) is 8.71. The van der Waals surface area contributed by atoms with E-state index in [1.54, 1.807) is 7.11 Å². The molecule has 0 aliphatic carbocycles. The van der Waals surface area contributed by atoms with Gasteiger partial charge in [0.1, 0.15) is 5.75 Å². The van der Waals surface area contributed by atoms with E-state index in [0.717, 1.165) is 16.9 Å². The van der Waals surface area contributed by atoms with Crippen LogP contribution < -0.4 is 4.74 Å². The molecule has 2 aromatic rings. The van der Waals surface area contributed by atoms with Crippen molar-refractivity contribution in [3.8, 4) is 5.75 Å². The van der Waals surface area contributed by atoms with Crippen molar-refractivity contribution in [2.45, 2.75) is 33.0 Å². The molecule has 0 heterocycles. The molecule has 0 saturated carbocycles. The van der Waals surface area contributed by atoms with Crippen molar-refractivity contribution in [3.05, 3.63) is 65.7 Å². The zero-order chi connectivity index (χ0) is 18.2. The summed E-state index contributed by atoms with van der Waals surface area (Å²) in [5.41, 5.74) is 2.23. The fourth-order valence-electron chi connectivity index (χ4n) is 2.84. The molecule has 1 unspecified atom stereocenters. The van der Waals surface area contributed by atoms with Gasteiger partial charge in [0.25, 0.3) is 0 Å². The Hall–Kier alpha value is -2.33. The van der Waals surface area contributed by atoms with Gasteiger partial charge in [-0.25, -0.2) is 0 Å². The van der Waals surface area contributed by atoms with Gasteiger partial charge in [-0.2, -0.15) is 0 Å². The number of benzene rings is 2. The van der Waals surface area contributed by atoms with E-state index in [0.29, 0.717) is 19.6 Å². The van der Waals surface area contributed by atoms with Crippen molar-refractivity contribution >= 4 is 5.91 Å². The summed E-state index contributed by atoms with van der Waals surface area (Å²) in [5, 5.41) is 0. The molecule has 2 rings (SSSR count). The molecule has 2 aromatic carbocycles. The average molecular weight is 340 g/mol. The van der Waals surface area contributed by atoms with Crippen LogP contribution in [0.2, 0.25) is 0 Å². The van der Waals surface area contributed by atoms with Crippen LogP contribution in [-0.4, -0.2) is 42.5 Å². The zero-order valence-corrected chi connectivity index (χ0v) is 15.6. The van der Waals surface area contributed by atoms with E-state index in [9.17, 15) is 4.79 Å². The van der Waals surface area contributed by atoms with Gasteiger partial charge in [0.2, 0.25) is 5.91 Å². The number of para-hydroxylation sites is 1. The number of nitrogens with zero attached hydrogens (tertiary/aromatic N) is 2. The third kappa shape index (κ3) is 5.07. The number of amides is 1. The quantitative estimate of drug-likeness (QED) is 0.736. The van der Waals surface area contributed by atoms with Crippen LogP contribution in [0, 0.1) is 0 Å². The van der Waals surface area contributed by atoms with Crippen LogP contribution >= 0.6 is 0 Å². The fourth-order valence-corrected chi connectivity index (χ4v) is 2.84. The molecule has 0 saturated heterocycles. The Balaban J connectivity index is 2.03. The molecule has 0 radical (unpaired) electrons. The number of carbonyl (C=O) groups excluding carboxylic acids is 1. The summed E-state index contributed by atoms with van der Waals surface area (Å²) in [6.07, 6.45) is 0. The predicted octanol–water partition coefficient (Wildman–Crippen LogP) is 3.56. The lowest BCUT2D eigenvalue weighted by Gasteiger charge is -2.30. The first-order valence-corrected chi connectivity index (χ1v) is 8.71. The molecule has 4 heteroatoms. The second-order valence-corrected chi connectivity index (χ2v) is 6.24. The lowest BCUT2D eigenvalue weighted by Crippen LogP contribution is -2.45. The molecule has 0 spiro atoms. The Morgan fingerprint density at radius 1 is 1.04 bits per heavy atom. The van der Waals surface area contributed by atoms with Gasteiger partial charge in [-0.3, -0.25) is 9.69 Å². The van der Waals surface area contributed by atoms with Crippen LogP contribution in [0.4, 0.5) is 0 Å². The number of rotatable bonds is 8. The van der Waals surface area contributed by atoms with Crippen LogP contribution in [0.15, 0.2) is 54.6 Å². The molecule has 0 fully saturated rings. The van der Waals surface area contributed by atoms with Gasteiger partial charge in [-0.05, 0) is 32.5 Å². The molecule has 0 bridgehead atoms. The van der Waals surface area contributed by atoms with Gasteiger partial charge in [-0.1, -0.05) is 48.5 Å². The minimum Gasteiger partial charge on any atom is -0.496 e. The summed E-state index contributed by atoms with van der Waals surface area (Å²) < 4.78 is 5.41. The highest BCUT2D eigenvalue weighted by Crippen LogP contribution is 2.20.